The summed E-state index contributed by atoms with van der Waals surface area (Å²) in [6, 6.07) is 0. The maximum Gasteiger partial charge on any atom is 0.474 e. The summed E-state index contributed by atoms with van der Waals surface area (Å²) in [6.45, 7) is 8.67. The first kappa shape index (κ1) is 18.6. The fraction of sp³-hybridized carbons (Fsp3) is 1.00. The molecule has 0 aromatic carbocycles. The molecule has 8 nitrogen and oxygen atoms in total. The quantitative estimate of drug-likeness (QED) is 0.546. The van der Waals surface area contributed by atoms with Crippen molar-refractivity contribution in [3.05, 3.63) is 0 Å². The third-order valence-corrected chi connectivity index (χ3v) is 5.81. The summed E-state index contributed by atoms with van der Waals surface area (Å²) in [5.74, 6) is 0. The van der Waals surface area contributed by atoms with Gasteiger partial charge in [0.25, 0.3) is 0 Å². The van der Waals surface area contributed by atoms with Crippen LogP contribution in [0.1, 0.15) is 27.7 Å². The first-order valence-corrected chi connectivity index (χ1v) is 10.0. The van der Waals surface area contributed by atoms with Crippen molar-refractivity contribution in [1.29, 1.82) is 0 Å². The molecule has 0 saturated carbocycles. The molecule has 2 aliphatic rings. The SMILES string of the molecule is CC1(C)COP(=O)(OCCOP2(=O)OCC(C)(C)CO2)OC1. The Kier molecular flexibility index (Phi) is 5.58. The molecule has 0 unspecified atom stereocenters. The second-order valence-electron chi connectivity index (χ2n) is 6.98. The van der Waals surface area contributed by atoms with Gasteiger partial charge in [-0.25, -0.2) is 9.13 Å². The zero-order valence-corrected chi connectivity index (χ0v) is 15.2. The Morgan fingerprint density at radius 3 is 1.27 bits per heavy atom. The van der Waals surface area contributed by atoms with E-state index in [2.05, 4.69) is 0 Å². The molecule has 2 saturated heterocycles. The van der Waals surface area contributed by atoms with Gasteiger partial charge in [0.1, 0.15) is 0 Å². The topological polar surface area (TPSA) is 89.5 Å². The molecule has 22 heavy (non-hydrogen) atoms. The van der Waals surface area contributed by atoms with E-state index in [4.69, 9.17) is 27.1 Å². The molecule has 2 aliphatic heterocycles. The molecule has 2 fully saturated rings. The third kappa shape index (κ3) is 5.39. The largest absolute Gasteiger partial charge is 0.474 e. The highest BCUT2D eigenvalue weighted by atomic mass is 31.2. The van der Waals surface area contributed by atoms with Crippen LogP contribution in [-0.2, 0) is 36.3 Å². The molecule has 2 rings (SSSR count). The molecule has 2 heterocycles. The molecule has 0 amide bonds. The Morgan fingerprint density at radius 2 is 1.00 bits per heavy atom. The van der Waals surface area contributed by atoms with Gasteiger partial charge in [-0.15, -0.1) is 0 Å². The fourth-order valence-electron chi connectivity index (χ4n) is 1.62. The van der Waals surface area contributed by atoms with Crippen LogP contribution in [-0.4, -0.2) is 39.6 Å². The minimum atomic E-state index is -3.56. The van der Waals surface area contributed by atoms with E-state index >= 15 is 0 Å². The van der Waals surface area contributed by atoms with Gasteiger partial charge in [-0.05, 0) is 0 Å². The smallest absolute Gasteiger partial charge is 0.286 e. The Bertz CT molecular complexity index is 418. The predicted molar refractivity (Wildman–Crippen MR) is 78.5 cm³/mol. The summed E-state index contributed by atoms with van der Waals surface area (Å²) in [7, 11) is -7.11. The molecular formula is C12H24O8P2. The van der Waals surface area contributed by atoms with E-state index in [1.807, 2.05) is 27.7 Å². The van der Waals surface area contributed by atoms with Crippen LogP contribution in [0.2, 0.25) is 0 Å². The molecule has 10 heteroatoms. The standard InChI is InChI=1S/C12H24O8P2/c1-11(2)7-17-21(13,18-8-11)15-5-6-16-22(14)19-9-12(3,4)10-20-22/h5-10H2,1-4H3. The van der Waals surface area contributed by atoms with Crippen molar-refractivity contribution in [2.75, 3.05) is 39.6 Å². The highest BCUT2D eigenvalue weighted by molar-refractivity contribution is 7.48. The van der Waals surface area contributed by atoms with Gasteiger partial charge in [0.2, 0.25) is 0 Å². The summed E-state index contributed by atoms with van der Waals surface area (Å²) in [4.78, 5) is 0. The second kappa shape index (κ2) is 6.61. The Morgan fingerprint density at radius 1 is 0.727 bits per heavy atom. The van der Waals surface area contributed by atoms with E-state index in [0.29, 0.717) is 0 Å². The van der Waals surface area contributed by atoms with Gasteiger partial charge in [0.15, 0.2) is 0 Å². The highest BCUT2D eigenvalue weighted by Crippen LogP contribution is 2.56. The fourth-order valence-corrected chi connectivity index (χ4v) is 4.69. The van der Waals surface area contributed by atoms with Crippen LogP contribution >= 0.6 is 15.6 Å². The number of rotatable bonds is 5. The predicted octanol–water partition coefficient (Wildman–Crippen LogP) is 3.38. The second-order valence-corrected chi connectivity index (χ2v) is 10.3. The van der Waals surface area contributed by atoms with Gasteiger partial charge in [0.05, 0.1) is 39.6 Å². The van der Waals surface area contributed by atoms with Gasteiger partial charge in [0, 0.05) is 10.8 Å². The molecule has 0 N–H and O–H groups in total. The van der Waals surface area contributed by atoms with Crippen molar-refractivity contribution in [3.8, 4) is 0 Å². The molecule has 0 radical (unpaired) electrons. The molecule has 0 spiro atoms. The van der Waals surface area contributed by atoms with Crippen LogP contribution in [0.15, 0.2) is 0 Å². The molecular weight excluding hydrogens is 334 g/mol. The number of hydrogen-bond donors (Lipinski definition) is 0. The summed E-state index contributed by atoms with van der Waals surface area (Å²) in [5.41, 5.74) is -0.399. The first-order chi connectivity index (χ1) is 10.0. The molecule has 0 aromatic rings. The van der Waals surface area contributed by atoms with Crippen molar-refractivity contribution >= 4 is 15.6 Å². The number of phosphoric acid groups is 2. The monoisotopic (exact) mass is 358 g/mol. The van der Waals surface area contributed by atoms with Gasteiger partial charge >= 0.3 is 15.6 Å². The van der Waals surface area contributed by atoms with Crippen LogP contribution in [0.5, 0.6) is 0 Å². The Hall–Kier alpha value is 0.220. The summed E-state index contributed by atoms with van der Waals surface area (Å²) < 4.78 is 55.0. The molecule has 0 aromatic heterocycles. The Labute approximate surface area is 131 Å². The Balaban J connectivity index is 1.69. The van der Waals surface area contributed by atoms with E-state index < -0.39 is 15.6 Å². The van der Waals surface area contributed by atoms with Crippen molar-refractivity contribution < 1.29 is 36.3 Å². The van der Waals surface area contributed by atoms with Crippen molar-refractivity contribution in [1.82, 2.24) is 0 Å². The van der Waals surface area contributed by atoms with E-state index in [1.54, 1.807) is 0 Å². The highest BCUT2D eigenvalue weighted by Gasteiger charge is 2.40. The molecule has 0 bridgehead atoms. The van der Waals surface area contributed by atoms with Crippen LogP contribution in [0.25, 0.3) is 0 Å². The van der Waals surface area contributed by atoms with Gasteiger partial charge in [-0.1, -0.05) is 27.7 Å². The summed E-state index contributed by atoms with van der Waals surface area (Å²) in [6.07, 6.45) is 0. The number of hydrogen-bond acceptors (Lipinski definition) is 8. The van der Waals surface area contributed by atoms with E-state index in [-0.39, 0.29) is 50.5 Å². The first-order valence-electron chi connectivity index (χ1n) is 7.11. The molecule has 0 atom stereocenters. The summed E-state index contributed by atoms with van der Waals surface area (Å²) >= 11 is 0. The van der Waals surface area contributed by atoms with E-state index in [1.165, 1.54) is 0 Å². The zero-order chi connectivity index (χ0) is 16.5. The minimum absolute atomic E-state index is 0.0994. The van der Waals surface area contributed by atoms with Crippen LogP contribution in [0, 0.1) is 10.8 Å². The van der Waals surface area contributed by atoms with Crippen molar-refractivity contribution in [3.63, 3.8) is 0 Å². The lowest BCUT2D eigenvalue weighted by atomic mass is 9.97. The van der Waals surface area contributed by atoms with Gasteiger partial charge in [-0.3, -0.25) is 27.1 Å². The third-order valence-electron chi connectivity index (χ3n) is 3.04. The maximum atomic E-state index is 12.1. The van der Waals surface area contributed by atoms with Crippen molar-refractivity contribution in [2.24, 2.45) is 10.8 Å². The lowest BCUT2D eigenvalue weighted by molar-refractivity contribution is -0.0146. The minimum Gasteiger partial charge on any atom is -0.286 e. The molecule has 0 aliphatic carbocycles. The zero-order valence-electron chi connectivity index (χ0n) is 13.4. The van der Waals surface area contributed by atoms with Gasteiger partial charge < -0.3 is 0 Å². The lowest BCUT2D eigenvalue weighted by Gasteiger charge is -2.34. The summed E-state index contributed by atoms with van der Waals surface area (Å²) in [5, 5.41) is 0. The normalized spacial score (nSPS) is 29.1. The van der Waals surface area contributed by atoms with Crippen LogP contribution in [0.4, 0.5) is 0 Å². The van der Waals surface area contributed by atoms with Crippen LogP contribution in [0.3, 0.4) is 0 Å². The maximum absolute atomic E-state index is 12.1. The van der Waals surface area contributed by atoms with Gasteiger partial charge in [-0.2, -0.15) is 0 Å². The van der Waals surface area contributed by atoms with E-state index in [0.717, 1.165) is 0 Å². The average molecular weight is 358 g/mol. The molecule has 130 valence electrons. The average Bonchev–Trinajstić information content (AvgIpc) is 2.43. The van der Waals surface area contributed by atoms with Crippen LogP contribution < -0.4 is 0 Å². The van der Waals surface area contributed by atoms with Crippen molar-refractivity contribution in [2.45, 2.75) is 27.7 Å². The van der Waals surface area contributed by atoms with E-state index in [9.17, 15) is 9.13 Å². The lowest BCUT2D eigenvalue weighted by Crippen LogP contribution is -2.30. The number of phosphoric ester groups is 2.